The van der Waals surface area contributed by atoms with E-state index in [0.717, 1.165) is 11.1 Å². The van der Waals surface area contributed by atoms with Gasteiger partial charge in [0.2, 0.25) is 5.91 Å². The summed E-state index contributed by atoms with van der Waals surface area (Å²) in [5.41, 5.74) is 4.67. The number of benzene rings is 2. The van der Waals surface area contributed by atoms with Crippen molar-refractivity contribution in [1.29, 1.82) is 0 Å². The zero-order chi connectivity index (χ0) is 25.4. The van der Waals surface area contributed by atoms with Gasteiger partial charge in [-0.3, -0.25) is 4.79 Å². The van der Waals surface area contributed by atoms with Crippen molar-refractivity contribution in [2.75, 3.05) is 13.2 Å². The third kappa shape index (κ3) is 6.82. The van der Waals surface area contributed by atoms with E-state index in [-0.39, 0.29) is 43.4 Å². The van der Waals surface area contributed by atoms with Crippen molar-refractivity contribution >= 4 is 18.0 Å². The third-order valence-corrected chi connectivity index (χ3v) is 6.46. The average Bonchev–Trinajstić information content (AvgIpc) is 3.16. The number of alkyl carbamates (subject to hydrolysis) is 1. The number of hydrogen-bond acceptors (Lipinski definition) is 5. The van der Waals surface area contributed by atoms with Crippen LogP contribution < -0.4 is 10.6 Å². The number of ether oxygens (including phenoxy) is 1. The minimum Gasteiger partial charge on any atom is -0.480 e. The lowest BCUT2D eigenvalue weighted by molar-refractivity contribution is -0.142. The Morgan fingerprint density at radius 2 is 1.51 bits per heavy atom. The normalized spacial score (nSPS) is 14.8. The van der Waals surface area contributed by atoms with Gasteiger partial charge in [-0.05, 0) is 42.0 Å². The Balaban J connectivity index is 1.41. The first-order chi connectivity index (χ1) is 16.8. The van der Waals surface area contributed by atoms with Crippen LogP contribution in [-0.4, -0.2) is 53.5 Å². The van der Waals surface area contributed by atoms with Crippen molar-refractivity contribution in [3.63, 3.8) is 0 Å². The summed E-state index contributed by atoms with van der Waals surface area (Å²) >= 11 is 0. The molecule has 188 valence electrons. The lowest BCUT2D eigenvalue weighted by Gasteiger charge is -2.19. The molecule has 2 amide bonds. The highest BCUT2D eigenvalue weighted by Crippen LogP contribution is 2.44. The molecule has 1 aliphatic rings. The number of amides is 2. The van der Waals surface area contributed by atoms with E-state index in [4.69, 9.17) is 14.9 Å². The van der Waals surface area contributed by atoms with Crippen LogP contribution >= 0.6 is 0 Å². The fraction of sp³-hybridized carbons (Fsp3) is 0.444. The van der Waals surface area contributed by atoms with Gasteiger partial charge in [-0.25, -0.2) is 9.59 Å². The van der Waals surface area contributed by atoms with Crippen molar-refractivity contribution in [2.45, 2.75) is 57.5 Å². The number of hydrogen-bond donors (Lipinski definition) is 4. The molecule has 2 unspecified atom stereocenters. The number of aliphatic hydroxyl groups excluding tert-OH is 1. The molecule has 1 aliphatic carbocycles. The Hall–Kier alpha value is -3.39. The Morgan fingerprint density at radius 3 is 2.09 bits per heavy atom. The topological polar surface area (TPSA) is 125 Å². The molecule has 0 saturated carbocycles. The maximum absolute atomic E-state index is 12.4. The van der Waals surface area contributed by atoms with E-state index in [9.17, 15) is 14.4 Å². The molecule has 0 spiro atoms. The summed E-state index contributed by atoms with van der Waals surface area (Å²) in [6.45, 7) is 3.55. The van der Waals surface area contributed by atoms with Crippen molar-refractivity contribution in [2.24, 2.45) is 5.92 Å². The number of carbonyl (C=O) groups excluding carboxylic acids is 2. The van der Waals surface area contributed by atoms with Gasteiger partial charge in [0.05, 0.1) is 0 Å². The molecule has 0 fully saturated rings. The highest BCUT2D eigenvalue weighted by molar-refractivity contribution is 5.84. The van der Waals surface area contributed by atoms with Gasteiger partial charge in [0, 0.05) is 30.9 Å². The van der Waals surface area contributed by atoms with Gasteiger partial charge in [-0.15, -0.1) is 0 Å². The van der Waals surface area contributed by atoms with E-state index in [2.05, 4.69) is 34.9 Å². The van der Waals surface area contributed by atoms with Gasteiger partial charge in [-0.1, -0.05) is 61.9 Å². The predicted octanol–water partition coefficient (Wildman–Crippen LogP) is 3.67. The average molecular weight is 483 g/mol. The van der Waals surface area contributed by atoms with Crippen LogP contribution in [-0.2, 0) is 14.3 Å². The molecule has 4 N–H and O–H groups in total. The summed E-state index contributed by atoms with van der Waals surface area (Å²) in [5, 5.41) is 23.3. The van der Waals surface area contributed by atoms with Crippen LogP contribution in [0.2, 0.25) is 0 Å². The van der Waals surface area contributed by atoms with E-state index < -0.39 is 18.1 Å². The smallest absolute Gasteiger partial charge is 0.407 e. The lowest BCUT2D eigenvalue weighted by atomic mass is 9.98. The Kier molecular flexibility index (Phi) is 9.25. The van der Waals surface area contributed by atoms with Crippen LogP contribution in [0.25, 0.3) is 11.1 Å². The van der Waals surface area contributed by atoms with Gasteiger partial charge in [-0.2, -0.15) is 0 Å². The summed E-state index contributed by atoms with van der Waals surface area (Å²) < 4.78 is 5.57. The summed E-state index contributed by atoms with van der Waals surface area (Å²) in [5.74, 6) is -1.90. The molecular formula is C27H34N2O6. The molecule has 2 aromatic carbocycles. The van der Waals surface area contributed by atoms with Crippen molar-refractivity contribution in [3.05, 3.63) is 59.7 Å². The van der Waals surface area contributed by atoms with Crippen molar-refractivity contribution < 1.29 is 29.3 Å². The summed E-state index contributed by atoms with van der Waals surface area (Å²) in [6.07, 6.45) is 1.37. The van der Waals surface area contributed by atoms with Crippen LogP contribution in [0.4, 0.5) is 4.79 Å². The summed E-state index contributed by atoms with van der Waals surface area (Å²) in [4.78, 5) is 35.8. The van der Waals surface area contributed by atoms with Crippen LogP contribution in [0.1, 0.15) is 56.6 Å². The van der Waals surface area contributed by atoms with Gasteiger partial charge in [0.25, 0.3) is 0 Å². The second kappa shape index (κ2) is 12.4. The van der Waals surface area contributed by atoms with E-state index in [1.54, 1.807) is 6.92 Å². The Morgan fingerprint density at radius 1 is 0.914 bits per heavy atom. The fourth-order valence-corrected chi connectivity index (χ4v) is 4.48. The number of rotatable bonds is 12. The van der Waals surface area contributed by atoms with Crippen LogP contribution in [0.5, 0.6) is 0 Å². The summed E-state index contributed by atoms with van der Waals surface area (Å²) in [6, 6.07) is 15.1. The minimum absolute atomic E-state index is 0.00304. The lowest BCUT2D eigenvalue weighted by Crippen LogP contribution is -2.43. The van der Waals surface area contributed by atoms with E-state index >= 15 is 0 Å². The monoisotopic (exact) mass is 482 g/mol. The molecule has 0 bridgehead atoms. The minimum atomic E-state index is -1.17. The molecular weight excluding hydrogens is 448 g/mol. The highest BCUT2D eigenvalue weighted by Gasteiger charge is 2.29. The molecule has 3 rings (SSSR count). The molecule has 0 aromatic heterocycles. The zero-order valence-electron chi connectivity index (χ0n) is 20.2. The van der Waals surface area contributed by atoms with Gasteiger partial charge < -0.3 is 25.6 Å². The van der Waals surface area contributed by atoms with Gasteiger partial charge in [0.15, 0.2) is 0 Å². The predicted molar refractivity (Wildman–Crippen MR) is 132 cm³/mol. The Labute approximate surface area is 205 Å². The number of carboxylic acids is 1. The maximum Gasteiger partial charge on any atom is 0.407 e. The van der Waals surface area contributed by atoms with Crippen LogP contribution in [0, 0.1) is 5.92 Å². The molecule has 0 aliphatic heterocycles. The first-order valence-corrected chi connectivity index (χ1v) is 12.1. The largest absolute Gasteiger partial charge is 0.480 e. The highest BCUT2D eigenvalue weighted by atomic mass is 16.5. The second-order valence-electron chi connectivity index (χ2n) is 9.11. The van der Waals surface area contributed by atoms with Crippen LogP contribution in [0.3, 0.4) is 0 Å². The number of nitrogens with one attached hydrogen (secondary N) is 2. The fourth-order valence-electron chi connectivity index (χ4n) is 4.48. The van der Waals surface area contributed by atoms with E-state index in [1.807, 2.05) is 31.2 Å². The third-order valence-electron chi connectivity index (χ3n) is 6.46. The van der Waals surface area contributed by atoms with E-state index in [0.29, 0.717) is 19.3 Å². The molecule has 0 radical (unpaired) electrons. The first kappa shape index (κ1) is 26.2. The number of fused-ring (bicyclic) bond motifs is 3. The molecule has 2 aromatic rings. The standard InChI is InChI=1S/C27H34N2O6/c1-17(25(31)29-24(14-15-30)26(32)33)8-7-9-18(2)28-27(34)35-16-23-21-12-5-3-10-19(21)20-11-4-6-13-22(20)23/h3-6,10-13,17-18,23-24,30H,7-9,14-16H2,1-2H3,(H,28,34)(H,29,31)(H,32,33)/t17?,18?,24-/m1/s1. The first-order valence-electron chi connectivity index (χ1n) is 12.1. The molecule has 8 heteroatoms. The molecule has 35 heavy (non-hydrogen) atoms. The van der Waals surface area contributed by atoms with Crippen LogP contribution in [0.15, 0.2) is 48.5 Å². The van der Waals surface area contributed by atoms with Gasteiger partial charge in [0.1, 0.15) is 12.6 Å². The SMILES string of the molecule is CC(CCCC(C)C(=O)N[C@H](CCO)C(=O)O)NC(=O)OCC1c2ccccc2-c2ccccc21. The number of aliphatic hydroxyl groups is 1. The molecule has 0 saturated heterocycles. The Bertz CT molecular complexity index is 994. The van der Waals surface area contributed by atoms with Crippen molar-refractivity contribution in [3.8, 4) is 11.1 Å². The second-order valence-corrected chi connectivity index (χ2v) is 9.11. The van der Waals surface area contributed by atoms with Crippen molar-refractivity contribution in [1.82, 2.24) is 10.6 Å². The number of aliphatic carboxylic acids is 1. The maximum atomic E-state index is 12.4. The van der Waals surface area contributed by atoms with Gasteiger partial charge >= 0.3 is 12.1 Å². The number of carbonyl (C=O) groups is 3. The zero-order valence-corrected chi connectivity index (χ0v) is 20.2. The molecule has 3 atom stereocenters. The number of carboxylic acid groups (broad SMARTS) is 1. The molecule has 8 nitrogen and oxygen atoms in total. The van der Waals surface area contributed by atoms with E-state index in [1.165, 1.54) is 11.1 Å². The molecule has 0 heterocycles. The quantitative estimate of drug-likeness (QED) is 0.366. The summed E-state index contributed by atoms with van der Waals surface area (Å²) in [7, 11) is 0.